The van der Waals surface area contributed by atoms with Crippen LogP contribution < -0.4 is 0 Å². The number of hydrogen-bond donors (Lipinski definition) is 1. The van der Waals surface area contributed by atoms with Crippen LogP contribution in [-0.2, 0) is 18.7 Å². The molecule has 0 saturated carbocycles. The van der Waals surface area contributed by atoms with Crippen LogP contribution in [0.1, 0.15) is 246 Å². The largest absolute Gasteiger partial charge is 0.465 e. The minimum Gasteiger partial charge on any atom is -0.465 e. The summed E-state index contributed by atoms with van der Waals surface area (Å²) < 4.78 is 19.2. The van der Waals surface area contributed by atoms with Crippen molar-refractivity contribution in [1.82, 2.24) is 4.90 Å². The molecule has 0 aliphatic rings. The Morgan fingerprint density at radius 2 is 0.895 bits per heavy atom. The Hall–Kier alpha value is -0.473. The molecule has 0 saturated heterocycles. The van der Waals surface area contributed by atoms with E-state index in [-0.39, 0.29) is 24.8 Å². The average molecular weight is 826 g/mol. The molecule has 0 fully saturated rings. The Kier molecular flexibility index (Phi) is 43.2. The van der Waals surface area contributed by atoms with Gasteiger partial charge in [0, 0.05) is 13.2 Å². The fraction of sp³-hybridized carbons (Fsp3) is 0.980. The number of nitrogens with zero attached hydrogens (tertiary/aromatic N) is 1. The van der Waals surface area contributed by atoms with Gasteiger partial charge < -0.3 is 23.9 Å². The first-order valence-corrected chi connectivity index (χ1v) is 28.7. The fourth-order valence-corrected chi connectivity index (χ4v) is 10.2. The highest BCUT2D eigenvalue weighted by atomic mass is 28.4. The number of hydrogen-bond acceptors (Lipinski definition) is 6. The van der Waals surface area contributed by atoms with Crippen molar-refractivity contribution in [3.8, 4) is 0 Å². The van der Waals surface area contributed by atoms with Gasteiger partial charge in [-0.3, -0.25) is 4.79 Å². The van der Waals surface area contributed by atoms with Crippen LogP contribution in [0.25, 0.3) is 0 Å². The molecule has 0 aliphatic heterocycles. The molecule has 2 unspecified atom stereocenters. The minimum absolute atomic E-state index is 0.0423. The Bertz CT molecular complexity index is 814. The molecule has 2 atom stereocenters. The molecule has 0 aromatic carbocycles. The molecule has 6 nitrogen and oxygen atoms in total. The van der Waals surface area contributed by atoms with Crippen molar-refractivity contribution in [1.29, 1.82) is 0 Å². The van der Waals surface area contributed by atoms with Crippen LogP contribution in [0.2, 0.25) is 19.1 Å². The van der Waals surface area contributed by atoms with E-state index in [0.29, 0.717) is 6.61 Å². The lowest BCUT2D eigenvalue weighted by molar-refractivity contribution is -0.149. The van der Waals surface area contributed by atoms with Gasteiger partial charge in [-0.15, -0.1) is 0 Å². The summed E-state index contributed by atoms with van der Waals surface area (Å²) in [6.45, 7) is 18.9. The molecule has 0 aliphatic carbocycles. The summed E-state index contributed by atoms with van der Waals surface area (Å²) in [7, 11) is -1.76. The van der Waals surface area contributed by atoms with Crippen molar-refractivity contribution in [2.75, 3.05) is 39.5 Å². The van der Waals surface area contributed by atoms with Gasteiger partial charge in [0.15, 0.2) is 8.32 Å². The molecule has 0 amide bonds. The molecule has 0 radical (unpaired) electrons. The number of aliphatic hydroxyl groups is 1. The van der Waals surface area contributed by atoms with Crippen LogP contribution >= 0.6 is 0 Å². The minimum atomic E-state index is -1.76. The molecule has 57 heavy (non-hydrogen) atoms. The number of carbonyl (C=O) groups is 1. The third kappa shape index (κ3) is 39.4. The first-order chi connectivity index (χ1) is 27.8. The number of ether oxygens (including phenoxy) is 2. The van der Waals surface area contributed by atoms with Crippen molar-refractivity contribution in [3.05, 3.63) is 0 Å². The van der Waals surface area contributed by atoms with Gasteiger partial charge in [0.05, 0.1) is 12.5 Å². The van der Waals surface area contributed by atoms with E-state index in [2.05, 4.69) is 45.7 Å². The predicted molar refractivity (Wildman–Crippen MR) is 251 cm³/mol. The molecule has 0 spiro atoms. The zero-order valence-electron chi connectivity index (χ0n) is 39.7. The van der Waals surface area contributed by atoms with Gasteiger partial charge in [-0.25, -0.2) is 0 Å². The van der Waals surface area contributed by atoms with E-state index in [1.807, 2.05) is 0 Å². The molecular weight excluding hydrogens is 723 g/mol. The highest BCUT2D eigenvalue weighted by Gasteiger charge is 2.27. The summed E-state index contributed by atoms with van der Waals surface area (Å²) >= 11 is 0. The van der Waals surface area contributed by atoms with E-state index in [1.54, 1.807) is 0 Å². The molecule has 0 bridgehead atoms. The molecule has 0 aromatic rings. The summed E-state index contributed by atoms with van der Waals surface area (Å²) in [6.07, 6.45) is 41.3. The molecule has 7 heteroatoms. The average Bonchev–Trinajstić information content (AvgIpc) is 3.19. The van der Waals surface area contributed by atoms with Crippen molar-refractivity contribution in [2.24, 2.45) is 5.92 Å². The van der Waals surface area contributed by atoms with E-state index >= 15 is 0 Å². The molecule has 0 rings (SSSR count). The lowest BCUT2D eigenvalue weighted by Crippen LogP contribution is -2.37. The standard InChI is InChI=1S/C50H103NO5Si/c1-7-11-15-19-22-29-39-48(38-28-18-14-10-4)50(53)55-46-36-25-23-31-41-51(43-33-34-44-52)42-32-27-30-40-49(54-45-35-24-20-16-12-8-2)56-57(5,6)47-37-26-21-17-13-9-3/h48-49,52H,7-47H2,1-6H3. The fourth-order valence-electron chi connectivity index (χ4n) is 8.08. The second kappa shape index (κ2) is 43.6. The Labute approximate surface area is 358 Å². The number of unbranched alkanes of at least 4 members (excludes halogenated alkanes) is 24. The summed E-state index contributed by atoms with van der Waals surface area (Å²) in [5.74, 6) is 0.163. The van der Waals surface area contributed by atoms with Crippen LogP contribution in [0, 0.1) is 5.92 Å². The number of esters is 1. The van der Waals surface area contributed by atoms with Gasteiger partial charge in [-0.2, -0.15) is 0 Å². The van der Waals surface area contributed by atoms with E-state index < -0.39 is 8.32 Å². The van der Waals surface area contributed by atoms with Crippen molar-refractivity contribution in [3.63, 3.8) is 0 Å². The van der Waals surface area contributed by atoms with E-state index in [4.69, 9.17) is 13.9 Å². The molecule has 0 heterocycles. The van der Waals surface area contributed by atoms with Crippen LogP contribution in [0.3, 0.4) is 0 Å². The number of carbonyl (C=O) groups excluding carboxylic acids is 1. The smallest absolute Gasteiger partial charge is 0.308 e. The van der Waals surface area contributed by atoms with Gasteiger partial charge in [0.2, 0.25) is 0 Å². The summed E-state index contributed by atoms with van der Waals surface area (Å²) in [5.41, 5.74) is 0. The molecule has 342 valence electrons. The SMILES string of the molecule is CCCCCCCCOC(CCCCCN(CCCCO)CCCCCCOC(=O)C(CCCCCC)CCCCCCCC)O[Si](C)(C)CCCCCCCC. The summed E-state index contributed by atoms with van der Waals surface area (Å²) in [5, 5.41) is 9.42. The lowest BCUT2D eigenvalue weighted by Gasteiger charge is -2.30. The van der Waals surface area contributed by atoms with Crippen LogP contribution in [-0.4, -0.2) is 70.0 Å². The Balaban J connectivity index is 4.66. The number of rotatable bonds is 47. The van der Waals surface area contributed by atoms with Gasteiger partial charge in [0.1, 0.15) is 6.29 Å². The molecule has 0 aromatic heterocycles. The zero-order valence-corrected chi connectivity index (χ0v) is 40.7. The monoisotopic (exact) mass is 826 g/mol. The van der Waals surface area contributed by atoms with Gasteiger partial charge in [-0.05, 0) is 103 Å². The molecular formula is C50H103NO5Si. The Morgan fingerprint density at radius 1 is 0.491 bits per heavy atom. The summed E-state index contributed by atoms with van der Waals surface area (Å²) in [4.78, 5) is 15.7. The van der Waals surface area contributed by atoms with Crippen LogP contribution in [0.5, 0.6) is 0 Å². The van der Waals surface area contributed by atoms with Gasteiger partial charge >= 0.3 is 5.97 Å². The normalized spacial score (nSPS) is 13.1. The topological polar surface area (TPSA) is 68.2 Å². The maximum Gasteiger partial charge on any atom is 0.308 e. The van der Waals surface area contributed by atoms with E-state index in [9.17, 15) is 9.90 Å². The van der Waals surface area contributed by atoms with Crippen molar-refractivity contribution < 1.29 is 23.8 Å². The maximum absolute atomic E-state index is 13.0. The highest BCUT2D eigenvalue weighted by molar-refractivity contribution is 6.71. The third-order valence-corrected chi connectivity index (χ3v) is 14.4. The Morgan fingerprint density at radius 3 is 1.44 bits per heavy atom. The van der Waals surface area contributed by atoms with Crippen molar-refractivity contribution >= 4 is 14.3 Å². The predicted octanol–water partition coefficient (Wildman–Crippen LogP) is 15.3. The third-order valence-electron chi connectivity index (χ3n) is 11.9. The quantitative estimate of drug-likeness (QED) is 0.0285. The van der Waals surface area contributed by atoms with Crippen LogP contribution in [0.4, 0.5) is 0 Å². The van der Waals surface area contributed by atoms with E-state index in [1.165, 1.54) is 154 Å². The summed E-state index contributed by atoms with van der Waals surface area (Å²) in [6, 6.07) is 1.24. The maximum atomic E-state index is 13.0. The zero-order chi connectivity index (χ0) is 41.9. The second-order valence-corrected chi connectivity index (χ2v) is 22.5. The lowest BCUT2D eigenvalue weighted by atomic mass is 9.94. The van der Waals surface area contributed by atoms with E-state index in [0.717, 1.165) is 96.9 Å². The number of aliphatic hydroxyl groups excluding tert-OH is 1. The first-order valence-electron chi connectivity index (χ1n) is 25.6. The first kappa shape index (κ1) is 56.5. The van der Waals surface area contributed by atoms with Gasteiger partial charge in [0.25, 0.3) is 0 Å². The second-order valence-electron chi connectivity index (χ2n) is 18.3. The van der Waals surface area contributed by atoms with Gasteiger partial charge in [-0.1, -0.05) is 182 Å². The molecule has 1 N–H and O–H groups in total. The van der Waals surface area contributed by atoms with Crippen LogP contribution in [0.15, 0.2) is 0 Å². The highest BCUT2D eigenvalue weighted by Crippen LogP contribution is 2.23. The van der Waals surface area contributed by atoms with Crippen molar-refractivity contribution in [2.45, 2.75) is 271 Å².